The molecule has 1 aliphatic rings. The van der Waals surface area contributed by atoms with Gasteiger partial charge in [-0.15, -0.1) is 0 Å². The van der Waals surface area contributed by atoms with Crippen molar-refractivity contribution in [2.45, 2.75) is 32.9 Å². The van der Waals surface area contributed by atoms with Gasteiger partial charge in [0.25, 0.3) is 0 Å². The molecule has 2 N–H and O–H groups in total. The molecular weight excluding hydrogens is 264 g/mol. The van der Waals surface area contributed by atoms with Gasteiger partial charge in [0, 0.05) is 13.1 Å². The number of nitrogens with zero attached hydrogens (tertiary/aromatic N) is 1. The second kappa shape index (κ2) is 8.06. The lowest BCUT2D eigenvalue weighted by molar-refractivity contribution is -0.142. The molecule has 0 aliphatic carbocycles. The highest BCUT2D eigenvalue weighted by Crippen LogP contribution is 2.20. The van der Waals surface area contributed by atoms with Gasteiger partial charge in [-0.25, -0.2) is 4.79 Å². The van der Waals surface area contributed by atoms with Gasteiger partial charge >= 0.3 is 12.0 Å². The van der Waals surface area contributed by atoms with Crippen LogP contribution in [-0.4, -0.2) is 67.1 Å². The first kappa shape index (κ1) is 16.7. The Hall–Kier alpha value is -1.34. The summed E-state index contributed by atoms with van der Waals surface area (Å²) in [4.78, 5) is 24.7. The van der Waals surface area contributed by atoms with E-state index in [1.54, 1.807) is 0 Å². The first-order chi connectivity index (χ1) is 9.47. The Kier molecular flexibility index (Phi) is 6.74. The number of carbonyl (C=O) groups is 2. The van der Waals surface area contributed by atoms with E-state index in [2.05, 4.69) is 5.32 Å². The Morgan fingerprint density at radius 2 is 2.15 bits per heavy atom. The highest BCUT2D eigenvalue weighted by molar-refractivity contribution is 5.77. The summed E-state index contributed by atoms with van der Waals surface area (Å²) in [6.07, 6.45) is 0.119. The van der Waals surface area contributed by atoms with Crippen molar-refractivity contribution in [1.29, 1.82) is 0 Å². The van der Waals surface area contributed by atoms with Crippen molar-refractivity contribution in [3.8, 4) is 0 Å². The smallest absolute Gasteiger partial charge is 0.317 e. The van der Waals surface area contributed by atoms with Crippen LogP contribution in [-0.2, 0) is 14.3 Å². The molecule has 1 rings (SSSR count). The Morgan fingerprint density at radius 3 is 2.70 bits per heavy atom. The molecule has 1 fully saturated rings. The average Bonchev–Trinajstić information content (AvgIpc) is 2.84. The van der Waals surface area contributed by atoms with Crippen molar-refractivity contribution < 1.29 is 24.2 Å². The number of carbonyl (C=O) groups excluding carboxylic acids is 1. The van der Waals surface area contributed by atoms with Crippen molar-refractivity contribution >= 4 is 12.0 Å². The van der Waals surface area contributed by atoms with Crippen molar-refractivity contribution in [2.75, 3.05) is 32.9 Å². The summed E-state index contributed by atoms with van der Waals surface area (Å²) in [6, 6.07) is -0.690. The topological polar surface area (TPSA) is 88.1 Å². The van der Waals surface area contributed by atoms with Crippen LogP contribution in [0.3, 0.4) is 0 Å². The molecule has 7 heteroatoms. The Labute approximate surface area is 119 Å². The molecule has 1 saturated heterocycles. The molecular formula is C13H24N2O5. The number of ether oxygens (including phenoxy) is 2. The van der Waals surface area contributed by atoms with E-state index in [1.807, 2.05) is 20.8 Å². The quantitative estimate of drug-likeness (QED) is 0.668. The van der Waals surface area contributed by atoms with E-state index in [0.29, 0.717) is 19.7 Å². The lowest BCUT2D eigenvalue weighted by atomic mass is 10.0. The normalized spacial score (nSPS) is 22.0. The van der Waals surface area contributed by atoms with Crippen LogP contribution in [0, 0.1) is 5.92 Å². The van der Waals surface area contributed by atoms with E-state index in [9.17, 15) is 9.59 Å². The number of urea groups is 1. The number of amides is 2. The fourth-order valence-electron chi connectivity index (χ4n) is 2.17. The molecule has 20 heavy (non-hydrogen) atoms. The predicted octanol–water partition coefficient (Wildman–Crippen LogP) is 0.543. The highest BCUT2D eigenvalue weighted by atomic mass is 16.5. The number of carboxylic acids is 1. The zero-order chi connectivity index (χ0) is 15.1. The number of likely N-dealkylation sites (N-methyl/N-ethyl adjacent to an activating group) is 1. The van der Waals surface area contributed by atoms with Gasteiger partial charge in [0.2, 0.25) is 0 Å². The third-order valence-electron chi connectivity index (χ3n) is 3.20. The summed E-state index contributed by atoms with van der Waals surface area (Å²) in [5.41, 5.74) is 0. The molecule has 1 aliphatic heterocycles. The van der Waals surface area contributed by atoms with Crippen molar-refractivity contribution in [1.82, 2.24) is 10.2 Å². The van der Waals surface area contributed by atoms with Gasteiger partial charge in [-0.1, -0.05) is 0 Å². The number of hydrogen-bond acceptors (Lipinski definition) is 4. The number of nitrogens with one attached hydrogen (secondary N) is 1. The molecule has 2 amide bonds. The summed E-state index contributed by atoms with van der Waals surface area (Å²) >= 11 is 0. The van der Waals surface area contributed by atoms with Gasteiger partial charge in [-0.05, 0) is 20.8 Å². The van der Waals surface area contributed by atoms with Gasteiger partial charge in [0.15, 0.2) is 0 Å². The van der Waals surface area contributed by atoms with Gasteiger partial charge in [0.1, 0.15) is 5.92 Å². The van der Waals surface area contributed by atoms with E-state index < -0.39 is 17.9 Å². The first-order valence-corrected chi connectivity index (χ1v) is 6.94. The first-order valence-electron chi connectivity index (χ1n) is 6.94. The largest absolute Gasteiger partial charge is 0.481 e. The summed E-state index contributed by atoms with van der Waals surface area (Å²) in [5.74, 6) is -1.59. The van der Waals surface area contributed by atoms with E-state index >= 15 is 0 Å². The Morgan fingerprint density at radius 1 is 1.45 bits per heavy atom. The molecule has 0 aromatic heterocycles. The molecule has 0 bridgehead atoms. The second-order valence-corrected chi connectivity index (χ2v) is 4.99. The third kappa shape index (κ3) is 4.64. The fraction of sp³-hybridized carbons (Fsp3) is 0.846. The monoisotopic (exact) mass is 288 g/mol. The maximum atomic E-state index is 12.1. The maximum absolute atomic E-state index is 12.1. The lowest BCUT2D eigenvalue weighted by Gasteiger charge is -2.29. The standard InChI is InChI=1S/C13H24N2O5/c1-4-15(11-8-19-7-10(11)12(16)17)13(18)14-5-6-20-9(2)3/h9-11H,4-8H2,1-3H3,(H,14,18)(H,16,17). The zero-order valence-electron chi connectivity index (χ0n) is 12.3. The van der Waals surface area contributed by atoms with Crippen LogP contribution in [0.1, 0.15) is 20.8 Å². The van der Waals surface area contributed by atoms with Crippen molar-refractivity contribution in [3.05, 3.63) is 0 Å². The van der Waals surface area contributed by atoms with Gasteiger partial charge in [-0.3, -0.25) is 4.79 Å². The molecule has 0 radical (unpaired) electrons. The molecule has 7 nitrogen and oxygen atoms in total. The van der Waals surface area contributed by atoms with Gasteiger partial charge < -0.3 is 24.8 Å². The lowest BCUT2D eigenvalue weighted by Crippen LogP contribution is -2.51. The zero-order valence-corrected chi connectivity index (χ0v) is 12.3. The third-order valence-corrected chi connectivity index (χ3v) is 3.20. The highest BCUT2D eigenvalue weighted by Gasteiger charge is 2.39. The molecule has 0 saturated carbocycles. The van der Waals surface area contributed by atoms with E-state index in [-0.39, 0.29) is 25.3 Å². The van der Waals surface area contributed by atoms with E-state index in [0.717, 1.165) is 0 Å². The number of aliphatic carboxylic acids is 1. The number of carboxylic acid groups (broad SMARTS) is 1. The number of rotatable bonds is 7. The van der Waals surface area contributed by atoms with Crippen LogP contribution in [0.15, 0.2) is 0 Å². The molecule has 116 valence electrons. The fourth-order valence-corrected chi connectivity index (χ4v) is 2.17. The SMILES string of the molecule is CCN(C(=O)NCCOC(C)C)C1COCC1C(=O)O. The van der Waals surface area contributed by atoms with Crippen LogP contribution in [0.5, 0.6) is 0 Å². The molecule has 0 aromatic carbocycles. The molecule has 2 atom stereocenters. The second-order valence-electron chi connectivity index (χ2n) is 4.99. The summed E-state index contributed by atoms with van der Waals surface area (Å²) in [5, 5.41) is 11.9. The summed E-state index contributed by atoms with van der Waals surface area (Å²) in [6.45, 7) is 7.36. The van der Waals surface area contributed by atoms with Crippen LogP contribution < -0.4 is 5.32 Å². The van der Waals surface area contributed by atoms with Crippen molar-refractivity contribution in [2.24, 2.45) is 5.92 Å². The maximum Gasteiger partial charge on any atom is 0.317 e. The van der Waals surface area contributed by atoms with Crippen LogP contribution in [0.25, 0.3) is 0 Å². The van der Waals surface area contributed by atoms with Gasteiger partial charge in [0.05, 0.1) is 32.0 Å². The Bertz CT molecular complexity index is 335. The van der Waals surface area contributed by atoms with E-state index in [4.69, 9.17) is 14.6 Å². The van der Waals surface area contributed by atoms with Crippen LogP contribution in [0.2, 0.25) is 0 Å². The molecule has 0 aromatic rings. The van der Waals surface area contributed by atoms with Crippen molar-refractivity contribution in [3.63, 3.8) is 0 Å². The molecule has 0 spiro atoms. The minimum absolute atomic E-state index is 0.119. The molecule has 1 heterocycles. The molecule has 2 unspecified atom stereocenters. The number of hydrogen-bond donors (Lipinski definition) is 2. The van der Waals surface area contributed by atoms with Crippen LogP contribution >= 0.6 is 0 Å². The van der Waals surface area contributed by atoms with Gasteiger partial charge in [-0.2, -0.15) is 0 Å². The minimum Gasteiger partial charge on any atom is -0.481 e. The van der Waals surface area contributed by atoms with Crippen LogP contribution in [0.4, 0.5) is 4.79 Å². The summed E-state index contributed by atoms with van der Waals surface area (Å²) in [7, 11) is 0. The predicted molar refractivity (Wildman–Crippen MR) is 72.6 cm³/mol. The van der Waals surface area contributed by atoms with E-state index in [1.165, 1.54) is 4.90 Å². The summed E-state index contributed by atoms with van der Waals surface area (Å²) < 4.78 is 10.5. The average molecular weight is 288 g/mol. The Balaban J connectivity index is 2.48. The minimum atomic E-state index is -0.929.